The molecule has 5 heteroatoms. The summed E-state index contributed by atoms with van der Waals surface area (Å²) in [4.78, 5) is 11.9. The Kier molecular flexibility index (Phi) is 5.04. The quantitative estimate of drug-likeness (QED) is 0.710. The van der Waals surface area contributed by atoms with E-state index in [0.29, 0.717) is 17.9 Å². The summed E-state index contributed by atoms with van der Waals surface area (Å²) in [6.45, 7) is 0. The summed E-state index contributed by atoms with van der Waals surface area (Å²) in [6.07, 6.45) is 5.51. The molecule has 2 atom stereocenters. The monoisotopic (exact) mass is 277 g/mol. The molecule has 0 radical (unpaired) electrons. The minimum absolute atomic E-state index is 0. The first-order chi connectivity index (χ1) is 8.14. The number of rotatable bonds is 1. The first-order valence-electron chi connectivity index (χ1n) is 6.43. The van der Waals surface area contributed by atoms with Crippen molar-refractivity contribution in [1.82, 2.24) is 0 Å². The van der Waals surface area contributed by atoms with Crippen molar-refractivity contribution in [1.29, 1.82) is 0 Å². The van der Waals surface area contributed by atoms with Crippen molar-refractivity contribution >= 4 is 18.4 Å². The van der Waals surface area contributed by atoms with Crippen molar-refractivity contribution in [3.8, 4) is 0 Å². The second kappa shape index (κ2) is 5.76. The number of halogens is 1. The second-order valence-electron chi connectivity index (χ2n) is 5.82. The van der Waals surface area contributed by atoms with E-state index in [1.165, 1.54) is 20.0 Å². The van der Waals surface area contributed by atoms with Gasteiger partial charge in [0, 0.05) is 13.2 Å². The van der Waals surface area contributed by atoms with Crippen LogP contribution in [-0.2, 0) is 9.53 Å². The third-order valence-electron chi connectivity index (χ3n) is 4.96. The lowest BCUT2D eigenvalue weighted by molar-refractivity contribution is -0.169. The predicted octanol–water partition coefficient (Wildman–Crippen LogP) is 1.34. The number of methoxy groups -OCH3 is 1. The number of nitrogens with two attached hydrogens (primary N) is 1. The summed E-state index contributed by atoms with van der Waals surface area (Å²) in [7, 11) is 2.51. The summed E-state index contributed by atoms with van der Waals surface area (Å²) in [5, 5.41) is 7.00. The molecule has 4 bridgehead atoms. The zero-order valence-electron chi connectivity index (χ0n) is 11.1. The van der Waals surface area contributed by atoms with Crippen LogP contribution in [0.4, 0.5) is 0 Å². The largest absolute Gasteiger partial charge is 0.469 e. The Labute approximate surface area is 115 Å². The maximum atomic E-state index is 11.9. The fraction of sp³-hybridized carbons (Fsp3) is 0.923. The van der Waals surface area contributed by atoms with E-state index < -0.39 is 0 Å². The van der Waals surface area contributed by atoms with Gasteiger partial charge in [-0.3, -0.25) is 4.79 Å². The number of esters is 1. The number of aliphatic hydroxyl groups excluding tert-OH is 1. The van der Waals surface area contributed by atoms with Gasteiger partial charge in [-0.15, -0.1) is 12.4 Å². The second-order valence-corrected chi connectivity index (χ2v) is 5.82. The number of aliphatic hydroxyl groups is 1. The van der Waals surface area contributed by atoms with Crippen LogP contribution in [0.1, 0.15) is 32.1 Å². The summed E-state index contributed by atoms with van der Waals surface area (Å²) in [5.74, 6) is 1.92. The van der Waals surface area contributed by atoms with E-state index in [0.717, 1.165) is 32.3 Å². The van der Waals surface area contributed by atoms with Gasteiger partial charge < -0.3 is 15.6 Å². The fourth-order valence-electron chi connectivity index (χ4n) is 4.53. The Hall–Kier alpha value is -0.320. The fourth-order valence-corrected chi connectivity index (χ4v) is 4.53. The number of carbonyl (C=O) groups excluding carboxylic acids is 1. The van der Waals surface area contributed by atoms with Gasteiger partial charge in [-0.2, -0.15) is 0 Å². The zero-order chi connectivity index (χ0) is 12.6. The number of ether oxygens (including phenoxy) is 1. The molecular weight excluding hydrogens is 254 g/mol. The summed E-state index contributed by atoms with van der Waals surface area (Å²) in [5.41, 5.74) is 6.06. The topological polar surface area (TPSA) is 72.5 Å². The molecule has 0 spiro atoms. The smallest absolute Gasteiger partial charge is 0.311 e. The number of hydrogen-bond acceptors (Lipinski definition) is 4. The van der Waals surface area contributed by atoms with Gasteiger partial charge in [0.1, 0.15) is 0 Å². The van der Waals surface area contributed by atoms with Crippen LogP contribution in [0.3, 0.4) is 0 Å². The average Bonchev–Trinajstić information content (AvgIpc) is 2.36. The van der Waals surface area contributed by atoms with E-state index in [-0.39, 0.29) is 23.8 Å². The minimum Gasteiger partial charge on any atom is -0.469 e. The molecule has 2 unspecified atom stereocenters. The standard InChI is InChI=1S/C12H19NO2.CH4O.ClH/c1-15-11(14)12-4-7-2-8(5-12)10(13)9(3-7)6-12;1-2;/h7-10H,2-6,13H2,1H3;2H,1H3;1H. The third-order valence-corrected chi connectivity index (χ3v) is 4.96. The SMILES string of the molecule is CO.COC(=O)C12CC3CC(C1)C(N)C(C3)C2.Cl. The zero-order valence-corrected chi connectivity index (χ0v) is 11.9. The highest BCUT2D eigenvalue weighted by Crippen LogP contribution is 2.59. The van der Waals surface area contributed by atoms with E-state index in [1.807, 2.05) is 0 Å². The highest BCUT2D eigenvalue weighted by atomic mass is 35.5. The number of carbonyl (C=O) groups is 1. The van der Waals surface area contributed by atoms with Crippen LogP contribution in [0.5, 0.6) is 0 Å². The van der Waals surface area contributed by atoms with Crippen molar-refractivity contribution in [3.05, 3.63) is 0 Å². The van der Waals surface area contributed by atoms with Crippen LogP contribution in [0.15, 0.2) is 0 Å². The van der Waals surface area contributed by atoms with Gasteiger partial charge in [-0.25, -0.2) is 0 Å². The molecule has 3 N–H and O–H groups in total. The summed E-state index contributed by atoms with van der Waals surface area (Å²) >= 11 is 0. The molecule has 0 aliphatic heterocycles. The van der Waals surface area contributed by atoms with Crippen LogP contribution in [-0.4, -0.2) is 31.3 Å². The molecule has 4 saturated carbocycles. The highest BCUT2D eigenvalue weighted by molar-refractivity contribution is 5.85. The lowest BCUT2D eigenvalue weighted by Crippen LogP contribution is -2.59. The third kappa shape index (κ3) is 2.26. The van der Waals surface area contributed by atoms with Gasteiger partial charge >= 0.3 is 5.97 Å². The van der Waals surface area contributed by atoms with Crippen LogP contribution in [0, 0.1) is 23.2 Å². The van der Waals surface area contributed by atoms with Crippen LogP contribution in [0.2, 0.25) is 0 Å². The molecule has 18 heavy (non-hydrogen) atoms. The first kappa shape index (κ1) is 15.7. The van der Waals surface area contributed by atoms with Gasteiger partial charge in [0.2, 0.25) is 0 Å². The van der Waals surface area contributed by atoms with E-state index in [2.05, 4.69) is 0 Å². The molecule has 0 heterocycles. The molecule has 4 rings (SSSR count). The van der Waals surface area contributed by atoms with Crippen molar-refractivity contribution in [2.75, 3.05) is 14.2 Å². The molecule has 0 aromatic carbocycles. The Morgan fingerprint density at radius 1 is 1.22 bits per heavy atom. The normalized spacial score (nSPS) is 43.6. The molecule has 4 aliphatic rings. The lowest BCUT2D eigenvalue weighted by Gasteiger charge is -2.57. The van der Waals surface area contributed by atoms with Crippen LogP contribution < -0.4 is 5.73 Å². The van der Waals surface area contributed by atoms with Gasteiger partial charge in [-0.05, 0) is 49.9 Å². The maximum Gasteiger partial charge on any atom is 0.311 e. The molecule has 4 aliphatic carbocycles. The average molecular weight is 278 g/mol. The van der Waals surface area contributed by atoms with Crippen LogP contribution in [0.25, 0.3) is 0 Å². The number of hydrogen-bond donors (Lipinski definition) is 2. The van der Waals surface area contributed by atoms with E-state index in [4.69, 9.17) is 15.6 Å². The van der Waals surface area contributed by atoms with Crippen molar-refractivity contribution in [3.63, 3.8) is 0 Å². The summed E-state index contributed by atoms with van der Waals surface area (Å²) in [6, 6.07) is 0.347. The Morgan fingerprint density at radius 2 is 1.72 bits per heavy atom. The molecule has 0 aromatic rings. The first-order valence-corrected chi connectivity index (χ1v) is 6.43. The highest BCUT2D eigenvalue weighted by Gasteiger charge is 2.58. The Bertz CT molecular complexity index is 295. The maximum absolute atomic E-state index is 11.9. The van der Waals surface area contributed by atoms with Crippen molar-refractivity contribution < 1.29 is 14.6 Å². The lowest BCUT2D eigenvalue weighted by atomic mass is 9.48. The van der Waals surface area contributed by atoms with Gasteiger partial charge in [0.05, 0.1) is 12.5 Å². The van der Waals surface area contributed by atoms with E-state index in [1.54, 1.807) is 0 Å². The summed E-state index contributed by atoms with van der Waals surface area (Å²) < 4.78 is 4.99. The van der Waals surface area contributed by atoms with E-state index >= 15 is 0 Å². The Morgan fingerprint density at radius 3 is 2.17 bits per heavy atom. The molecule has 0 aromatic heterocycles. The molecule has 4 fully saturated rings. The molecule has 0 saturated heterocycles. The molecular formula is C13H24ClNO3. The minimum atomic E-state index is -0.152. The predicted molar refractivity (Wildman–Crippen MR) is 71.4 cm³/mol. The van der Waals surface area contributed by atoms with Gasteiger partial charge in [-0.1, -0.05) is 0 Å². The van der Waals surface area contributed by atoms with Gasteiger partial charge in [0.25, 0.3) is 0 Å². The Balaban J connectivity index is 0.000000516. The van der Waals surface area contributed by atoms with E-state index in [9.17, 15) is 4.79 Å². The molecule has 106 valence electrons. The van der Waals surface area contributed by atoms with Crippen molar-refractivity contribution in [2.24, 2.45) is 28.9 Å². The molecule has 0 amide bonds. The van der Waals surface area contributed by atoms with Gasteiger partial charge in [0.15, 0.2) is 0 Å². The van der Waals surface area contributed by atoms with Crippen LogP contribution >= 0.6 is 12.4 Å². The van der Waals surface area contributed by atoms with Crippen molar-refractivity contribution in [2.45, 2.75) is 38.1 Å². The molecule has 4 nitrogen and oxygen atoms in total.